The zero-order chi connectivity index (χ0) is 13.8. The molecular weight excluding hydrogens is 278 g/mol. The second-order valence-electron chi connectivity index (χ2n) is 5.15. The van der Waals surface area contributed by atoms with E-state index in [2.05, 4.69) is 13.8 Å². The summed E-state index contributed by atoms with van der Waals surface area (Å²) in [5.41, 5.74) is 0. The minimum Gasteiger partial charge on any atom is -0.337 e. The van der Waals surface area contributed by atoms with Gasteiger partial charge in [-0.2, -0.15) is 0 Å². The molecule has 2 rings (SSSR count). The molecule has 0 N–H and O–H groups in total. The van der Waals surface area contributed by atoms with Crippen LogP contribution in [0.15, 0.2) is 29.2 Å². The van der Waals surface area contributed by atoms with Gasteiger partial charge in [0, 0.05) is 29.2 Å². The van der Waals surface area contributed by atoms with Crippen LogP contribution >= 0.6 is 23.4 Å². The van der Waals surface area contributed by atoms with Crippen molar-refractivity contribution in [1.82, 2.24) is 4.90 Å². The number of hydrogen-bond donors (Lipinski definition) is 0. The highest BCUT2D eigenvalue weighted by molar-refractivity contribution is 7.99. The highest BCUT2D eigenvalue weighted by atomic mass is 35.5. The average Bonchev–Trinajstić information content (AvgIpc) is 3.16. The maximum Gasteiger partial charge on any atom is 0.223 e. The van der Waals surface area contributed by atoms with E-state index in [9.17, 15) is 4.79 Å². The first-order valence-corrected chi connectivity index (χ1v) is 8.14. The predicted molar refractivity (Wildman–Crippen MR) is 81.8 cm³/mol. The monoisotopic (exact) mass is 297 g/mol. The van der Waals surface area contributed by atoms with E-state index < -0.39 is 0 Å². The van der Waals surface area contributed by atoms with Gasteiger partial charge in [-0.25, -0.2) is 0 Å². The zero-order valence-corrected chi connectivity index (χ0v) is 13.0. The van der Waals surface area contributed by atoms with E-state index in [1.807, 2.05) is 29.2 Å². The van der Waals surface area contributed by atoms with Crippen LogP contribution in [0.1, 0.15) is 33.1 Å². The molecule has 1 aromatic carbocycles. The Bertz CT molecular complexity index is 444. The maximum absolute atomic E-state index is 12.2. The Morgan fingerprint density at radius 1 is 1.42 bits per heavy atom. The number of hydrogen-bond acceptors (Lipinski definition) is 2. The number of carbonyl (C=O) groups is 1. The average molecular weight is 298 g/mol. The van der Waals surface area contributed by atoms with Crippen molar-refractivity contribution in [2.75, 3.05) is 5.75 Å². The molecule has 1 fully saturated rings. The van der Waals surface area contributed by atoms with Crippen molar-refractivity contribution < 1.29 is 4.79 Å². The summed E-state index contributed by atoms with van der Waals surface area (Å²) in [6, 6.07) is 8.59. The molecule has 1 aliphatic carbocycles. The van der Waals surface area contributed by atoms with Crippen molar-refractivity contribution in [3.05, 3.63) is 29.3 Å². The summed E-state index contributed by atoms with van der Waals surface area (Å²) in [5.74, 6) is 1.07. The quantitative estimate of drug-likeness (QED) is 0.733. The molecule has 1 aliphatic rings. The summed E-state index contributed by atoms with van der Waals surface area (Å²) in [6.07, 6.45) is 2.92. The van der Waals surface area contributed by atoms with Gasteiger partial charge in [-0.05, 0) is 38.8 Å². The normalized spacial score (nSPS) is 14.7. The lowest BCUT2D eigenvalue weighted by Crippen LogP contribution is -2.38. The fraction of sp³-hybridized carbons (Fsp3) is 0.533. The standard InChI is InChI=1S/C15H20ClNOS/c1-11(2)17(12-7-8-12)15(18)9-10-19-14-6-4-3-5-13(14)16/h3-6,11-12H,7-10H2,1-2H3. The van der Waals surface area contributed by atoms with Gasteiger partial charge in [0.2, 0.25) is 5.91 Å². The van der Waals surface area contributed by atoms with Gasteiger partial charge in [-0.1, -0.05) is 23.7 Å². The SMILES string of the molecule is CC(C)N(C(=O)CCSc1ccccc1Cl)C1CC1. The molecule has 0 saturated heterocycles. The first kappa shape index (κ1) is 14.7. The van der Waals surface area contributed by atoms with E-state index in [0.717, 1.165) is 15.7 Å². The molecule has 0 aliphatic heterocycles. The fourth-order valence-electron chi connectivity index (χ4n) is 2.21. The van der Waals surface area contributed by atoms with E-state index in [1.165, 1.54) is 12.8 Å². The van der Waals surface area contributed by atoms with Crippen molar-refractivity contribution in [3.8, 4) is 0 Å². The van der Waals surface area contributed by atoms with Crippen molar-refractivity contribution in [3.63, 3.8) is 0 Å². The number of rotatable bonds is 6. The van der Waals surface area contributed by atoms with E-state index in [1.54, 1.807) is 11.8 Å². The third-order valence-electron chi connectivity index (χ3n) is 3.19. The van der Waals surface area contributed by atoms with Gasteiger partial charge in [-0.15, -0.1) is 11.8 Å². The van der Waals surface area contributed by atoms with Crippen LogP contribution in [0.25, 0.3) is 0 Å². The van der Waals surface area contributed by atoms with Crippen LogP contribution in [0.4, 0.5) is 0 Å². The molecule has 0 spiro atoms. The molecule has 0 unspecified atom stereocenters. The van der Waals surface area contributed by atoms with Crippen LogP contribution in [0.3, 0.4) is 0 Å². The Morgan fingerprint density at radius 3 is 2.68 bits per heavy atom. The number of nitrogens with zero attached hydrogens (tertiary/aromatic N) is 1. The van der Waals surface area contributed by atoms with Gasteiger partial charge < -0.3 is 4.90 Å². The maximum atomic E-state index is 12.2. The second kappa shape index (κ2) is 6.67. The Balaban J connectivity index is 1.82. The molecule has 0 radical (unpaired) electrons. The summed E-state index contributed by atoms with van der Waals surface area (Å²) < 4.78 is 0. The van der Waals surface area contributed by atoms with E-state index in [-0.39, 0.29) is 5.91 Å². The van der Waals surface area contributed by atoms with Crippen molar-refractivity contribution >= 4 is 29.3 Å². The van der Waals surface area contributed by atoms with Gasteiger partial charge in [0.05, 0.1) is 5.02 Å². The Kier molecular flexibility index (Phi) is 5.17. The van der Waals surface area contributed by atoms with Gasteiger partial charge in [-0.3, -0.25) is 4.79 Å². The highest BCUT2D eigenvalue weighted by Crippen LogP contribution is 2.31. The summed E-state index contributed by atoms with van der Waals surface area (Å²) in [6.45, 7) is 4.19. The molecule has 104 valence electrons. The first-order chi connectivity index (χ1) is 9.09. The molecule has 0 heterocycles. The summed E-state index contributed by atoms with van der Waals surface area (Å²) in [4.78, 5) is 15.3. The van der Waals surface area contributed by atoms with Crippen molar-refractivity contribution in [2.24, 2.45) is 0 Å². The van der Waals surface area contributed by atoms with Crippen LogP contribution < -0.4 is 0 Å². The molecule has 1 saturated carbocycles. The molecule has 4 heteroatoms. The molecule has 1 aromatic rings. The smallest absolute Gasteiger partial charge is 0.223 e. The lowest BCUT2D eigenvalue weighted by Gasteiger charge is -2.26. The third-order valence-corrected chi connectivity index (χ3v) is 4.71. The van der Waals surface area contributed by atoms with E-state index in [0.29, 0.717) is 18.5 Å². The number of amides is 1. The molecule has 0 bridgehead atoms. The largest absolute Gasteiger partial charge is 0.337 e. The number of benzene rings is 1. The summed E-state index contributed by atoms with van der Waals surface area (Å²) >= 11 is 7.75. The predicted octanol–water partition coefficient (Wildman–Crippen LogP) is 4.22. The Labute approximate surface area is 124 Å². The zero-order valence-electron chi connectivity index (χ0n) is 11.4. The van der Waals surface area contributed by atoms with Gasteiger partial charge in [0.1, 0.15) is 0 Å². The molecule has 2 nitrogen and oxygen atoms in total. The van der Waals surface area contributed by atoms with Crippen LogP contribution in [-0.4, -0.2) is 28.6 Å². The minimum atomic E-state index is 0.275. The highest BCUT2D eigenvalue weighted by Gasteiger charge is 2.33. The minimum absolute atomic E-state index is 0.275. The number of thioether (sulfide) groups is 1. The lowest BCUT2D eigenvalue weighted by molar-refractivity contribution is -0.133. The summed E-state index contributed by atoms with van der Waals surface area (Å²) in [5, 5.41) is 0.767. The van der Waals surface area contributed by atoms with Crippen molar-refractivity contribution in [1.29, 1.82) is 0 Å². The number of halogens is 1. The molecule has 1 amide bonds. The van der Waals surface area contributed by atoms with Gasteiger partial charge in [0.25, 0.3) is 0 Å². The topological polar surface area (TPSA) is 20.3 Å². The van der Waals surface area contributed by atoms with Crippen LogP contribution in [0.5, 0.6) is 0 Å². The molecule has 0 aromatic heterocycles. The second-order valence-corrected chi connectivity index (χ2v) is 6.70. The van der Waals surface area contributed by atoms with E-state index in [4.69, 9.17) is 11.6 Å². The fourth-order valence-corrected chi connectivity index (χ4v) is 3.38. The third kappa shape index (κ3) is 4.15. The van der Waals surface area contributed by atoms with Crippen LogP contribution in [0, 0.1) is 0 Å². The molecular formula is C15H20ClNOS. The molecule has 19 heavy (non-hydrogen) atoms. The Hall–Kier alpha value is -0.670. The van der Waals surface area contributed by atoms with Gasteiger partial charge in [0.15, 0.2) is 0 Å². The number of carbonyl (C=O) groups excluding carboxylic acids is 1. The van der Waals surface area contributed by atoms with E-state index >= 15 is 0 Å². The van der Waals surface area contributed by atoms with Crippen LogP contribution in [-0.2, 0) is 4.79 Å². The van der Waals surface area contributed by atoms with Gasteiger partial charge >= 0.3 is 0 Å². The first-order valence-electron chi connectivity index (χ1n) is 6.78. The lowest BCUT2D eigenvalue weighted by atomic mass is 10.2. The summed E-state index contributed by atoms with van der Waals surface area (Å²) in [7, 11) is 0. The Morgan fingerprint density at radius 2 is 2.11 bits per heavy atom. The molecule has 0 atom stereocenters. The van der Waals surface area contributed by atoms with Crippen molar-refractivity contribution in [2.45, 2.75) is 50.1 Å². The van der Waals surface area contributed by atoms with Crippen LogP contribution in [0.2, 0.25) is 5.02 Å².